The normalized spacial score (nSPS) is 13.1. The Morgan fingerprint density at radius 2 is 1.79 bits per heavy atom. The molecule has 0 atom stereocenters. The molecule has 0 saturated carbocycles. The van der Waals surface area contributed by atoms with E-state index < -0.39 is 17.7 Å². The minimum atomic E-state index is -0.633. The molecule has 1 aliphatic heterocycles. The van der Waals surface area contributed by atoms with Crippen molar-refractivity contribution in [1.82, 2.24) is 15.8 Å². The highest BCUT2D eigenvalue weighted by atomic mass is 19.1. The Bertz CT molecular complexity index is 1450. The molecule has 2 aromatic carbocycles. The lowest BCUT2D eigenvalue weighted by atomic mass is 10.0. The first-order valence-electron chi connectivity index (χ1n) is 12.6. The fraction of sp³-hybridized carbons (Fsp3) is 0.241. The number of carbonyl (C=O) groups is 4. The van der Waals surface area contributed by atoms with Crippen LogP contribution in [0.1, 0.15) is 68.9 Å². The van der Waals surface area contributed by atoms with Gasteiger partial charge in [-0.15, -0.1) is 0 Å². The summed E-state index contributed by atoms with van der Waals surface area (Å²) in [6, 6.07) is 12.5. The van der Waals surface area contributed by atoms with E-state index in [1.165, 1.54) is 18.2 Å². The van der Waals surface area contributed by atoms with Gasteiger partial charge in [-0.3, -0.25) is 14.4 Å². The van der Waals surface area contributed by atoms with Crippen molar-refractivity contribution in [3.63, 3.8) is 0 Å². The summed E-state index contributed by atoms with van der Waals surface area (Å²) in [5.41, 5.74) is 6.24. The zero-order valence-electron chi connectivity index (χ0n) is 21.7. The van der Waals surface area contributed by atoms with Gasteiger partial charge in [-0.1, -0.05) is 24.6 Å². The van der Waals surface area contributed by atoms with Gasteiger partial charge in [0.25, 0.3) is 17.7 Å². The molecule has 39 heavy (non-hydrogen) atoms. The second-order valence-corrected chi connectivity index (χ2v) is 9.21. The number of fused-ring (bicyclic) bond motifs is 1. The Hall–Kier alpha value is -4.73. The third-order valence-electron chi connectivity index (χ3n) is 6.39. The van der Waals surface area contributed by atoms with Gasteiger partial charge in [0.05, 0.1) is 16.7 Å². The predicted octanol–water partition coefficient (Wildman–Crippen LogP) is 4.44. The summed E-state index contributed by atoms with van der Waals surface area (Å²) in [4.78, 5) is 57.0. The van der Waals surface area contributed by atoms with E-state index in [2.05, 4.69) is 21.1 Å². The molecule has 4 N–H and O–H groups in total. The van der Waals surface area contributed by atoms with Gasteiger partial charge in [-0.2, -0.15) is 5.48 Å². The van der Waals surface area contributed by atoms with E-state index >= 15 is 0 Å². The van der Waals surface area contributed by atoms with E-state index in [0.29, 0.717) is 70.7 Å². The number of aromatic nitrogens is 1. The fourth-order valence-corrected chi connectivity index (χ4v) is 4.37. The molecule has 0 saturated heterocycles. The molecule has 1 aliphatic rings. The summed E-state index contributed by atoms with van der Waals surface area (Å²) in [5.74, 6) is -2.06. The molecule has 0 unspecified atom stereocenters. The summed E-state index contributed by atoms with van der Waals surface area (Å²) in [5, 5.41) is 5.60. The molecule has 0 bridgehead atoms. The van der Waals surface area contributed by atoms with Crippen LogP contribution in [0.5, 0.6) is 0 Å². The summed E-state index contributed by atoms with van der Waals surface area (Å²) in [6.45, 7) is 3.97. The smallest absolute Gasteiger partial charge is 0.358 e. The number of rotatable bonds is 9. The van der Waals surface area contributed by atoms with Crippen LogP contribution in [-0.4, -0.2) is 35.2 Å². The van der Waals surface area contributed by atoms with Gasteiger partial charge >= 0.3 is 5.97 Å². The van der Waals surface area contributed by atoms with Crippen molar-refractivity contribution in [2.75, 3.05) is 11.9 Å². The number of hydrogen-bond donors (Lipinski definition) is 4. The van der Waals surface area contributed by atoms with Crippen molar-refractivity contribution >= 4 is 41.0 Å². The quantitative estimate of drug-likeness (QED) is 0.184. The third-order valence-corrected chi connectivity index (χ3v) is 6.39. The molecule has 0 radical (unpaired) electrons. The number of hydroxylamine groups is 1. The van der Waals surface area contributed by atoms with Crippen molar-refractivity contribution < 1.29 is 28.4 Å². The van der Waals surface area contributed by atoms with Crippen molar-refractivity contribution in [3.05, 3.63) is 88.0 Å². The predicted molar refractivity (Wildman–Crippen MR) is 144 cm³/mol. The number of benzene rings is 2. The Labute approximate surface area is 224 Å². The maximum Gasteiger partial charge on any atom is 0.362 e. The van der Waals surface area contributed by atoms with Gasteiger partial charge in [-0.25, -0.2) is 9.18 Å². The summed E-state index contributed by atoms with van der Waals surface area (Å²) < 4.78 is 13.7. The first-order valence-corrected chi connectivity index (χ1v) is 12.6. The number of unbranched alkanes of at least 4 members (excludes halogenated alkanes) is 2. The molecule has 0 fully saturated rings. The number of hydrogen-bond acceptors (Lipinski definition) is 5. The van der Waals surface area contributed by atoms with Gasteiger partial charge in [0, 0.05) is 35.6 Å². The molecular formula is C29H29FN4O5. The van der Waals surface area contributed by atoms with Crippen LogP contribution in [0.3, 0.4) is 0 Å². The number of nitrogens with one attached hydrogen (secondary N) is 4. The summed E-state index contributed by atoms with van der Waals surface area (Å²) in [7, 11) is 0. The van der Waals surface area contributed by atoms with Crippen LogP contribution < -0.4 is 16.1 Å². The number of anilines is 1. The minimum absolute atomic E-state index is 0.185. The number of amides is 3. The monoisotopic (exact) mass is 532 g/mol. The maximum atomic E-state index is 13.7. The molecule has 0 spiro atoms. The van der Waals surface area contributed by atoms with E-state index in [1.807, 2.05) is 0 Å². The number of aryl methyl sites for hydroxylation is 1. The van der Waals surface area contributed by atoms with Crippen molar-refractivity contribution in [2.24, 2.45) is 0 Å². The van der Waals surface area contributed by atoms with Gasteiger partial charge in [0.1, 0.15) is 5.82 Å². The molecule has 1 aromatic heterocycles. The number of halogens is 1. The Kier molecular flexibility index (Phi) is 8.55. The van der Waals surface area contributed by atoms with Gasteiger partial charge in [0.15, 0.2) is 0 Å². The molecule has 202 valence electrons. The molecular weight excluding hydrogens is 503 g/mol. The van der Waals surface area contributed by atoms with Crippen LogP contribution >= 0.6 is 0 Å². The molecule has 4 rings (SSSR count). The zero-order valence-corrected chi connectivity index (χ0v) is 21.7. The van der Waals surface area contributed by atoms with E-state index in [1.54, 1.807) is 50.3 Å². The van der Waals surface area contributed by atoms with Crippen LogP contribution in [0.4, 0.5) is 10.1 Å². The van der Waals surface area contributed by atoms with Crippen LogP contribution in [0.15, 0.2) is 48.5 Å². The Morgan fingerprint density at radius 1 is 1.03 bits per heavy atom. The van der Waals surface area contributed by atoms with Gasteiger partial charge < -0.3 is 20.5 Å². The standard InChI is InChI=1S/C29H29FN4O5/c1-17-24(16-22-21-15-20(30)12-13-23(21)33-27(22)36)32-18(2)26(17)28(37)31-14-8-4-7-11-25(35)34-39-29(38)19-9-5-3-6-10-19/h3,5-6,9-10,12-13,15-16,32H,4,7-8,11,14H2,1-2H3,(H,31,37)(H,33,36)(H,34,35)/b22-16-. The third kappa shape index (κ3) is 6.59. The molecule has 2 heterocycles. The lowest BCUT2D eigenvalue weighted by Crippen LogP contribution is -2.27. The largest absolute Gasteiger partial charge is 0.362 e. The maximum absolute atomic E-state index is 13.7. The first-order chi connectivity index (χ1) is 18.7. The fourth-order valence-electron chi connectivity index (χ4n) is 4.37. The van der Waals surface area contributed by atoms with E-state index in [9.17, 15) is 23.6 Å². The van der Waals surface area contributed by atoms with Crippen LogP contribution in [0.25, 0.3) is 11.6 Å². The van der Waals surface area contributed by atoms with Crippen molar-refractivity contribution in [3.8, 4) is 0 Å². The average Bonchev–Trinajstić information content (AvgIpc) is 3.38. The number of H-pyrrole nitrogens is 1. The van der Waals surface area contributed by atoms with E-state index in [4.69, 9.17) is 4.84 Å². The van der Waals surface area contributed by atoms with Gasteiger partial charge in [0.2, 0.25) is 0 Å². The van der Waals surface area contributed by atoms with Crippen molar-refractivity contribution in [2.45, 2.75) is 39.5 Å². The molecule has 0 aliphatic carbocycles. The average molecular weight is 533 g/mol. The number of aromatic amines is 1. The van der Waals surface area contributed by atoms with E-state index in [0.717, 1.165) is 0 Å². The molecule has 3 aromatic rings. The molecule has 10 heteroatoms. The van der Waals surface area contributed by atoms with Gasteiger partial charge in [-0.05, 0) is 68.7 Å². The van der Waals surface area contributed by atoms with Crippen LogP contribution in [0, 0.1) is 19.7 Å². The summed E-state index contributed by atoms with van der Waals surface area (Å²) >= 11 is 0. The first kappa shape index (κ1) is 27.3. The SMILES string of the molecule is Cc1[nH]c(/C=C2\C(=O)Nc3ccc(F)cc32)c(C)c1C(=O)NCCCCCC(=O)NOC(=O)c1ccccc1. The van der Waals surface area contributed by atoms with Crippen LogP contribution in [0.2, 0.25) is 0 Å². The highest BCUT2D eigenvalue weighted by molar-refractivity contribution is 6.34. The second kappa shape index (κ2) is 12.2. The van der Waals surface area contributed by atoms with E-state index in [-0.39, 0.29) is 18.2 Å². The van der Waals surface area contributed by atoms with Crippen molar-refractivity contribution in [1.29, 1.82) is 0 Å². The minimum Gasteiger partial charge on any atom is -0.358 e. The second-order valence-electron chi connectivity index (χ2n) is 9.21. The molecule has 9 nitrogen and oxygen atoms in total. The number of carbonyl (C=O) groups excluding carboxylic acids is 4. The lowest BCUT2D eigenvalue weighted by molar-refractivity contribution is -0.130. The highest BCUT2D eigenvalue weighted by Gasteiger charge is 2.26. The highest BCUT2D eigenvalue weighted by Crippen LogP contribution is 2.34. The summed E-state index contributed by atoms with van der Waals surface area (Å²) in [6.07, 6.45) is 3.72. The topological polar surface area (TPSA) is 129 Å². The Balaban J connectivity index is 1.23. The zero-order chi connectivity index (χ0) is 27.9. The van der Waals surface area contributed by atoms with Crippen LogP contribution in [-0.2, 0) is 14.4 Å². The Morgan fingerprint density at radius 3 is 2.56 bits per heavy atom. The lowest BCUT2D eigenvalue weighted by Gasteiger charge is -2.07. The molecule has 3 amide bonds.